The van der Waals surface area contributed by atoms with E-state index in [0.717, 1.165) is 18.4 Å². The second-order valence-electron chi connectivity index (χ2n) is 6.12. The fraction of sp³-hybridized carbons (Fsp3) is 0.600. The van der Waals surface area contributed by atoms with Crippen molar-refractivity contribution in [2.75, 3.05) is 0 Å². The van der Waals surface area contributed by atoms with Gasteiger partial charge in [-0.2, -0.15) is 0 Å². The summed E-state index contributed by atoms with van der Waals surface area (Å²) in [7, 11) is 0. The molecule has 0 aliphatic heterocycles. The SMILES string of the molecule is CC1(C)CC[C@H]([C@](C)(O)c2ccccc2)C1. The summed E-state index contributed by atoms with van der Waals surface area (Å²) < 4.78 is 0. The molecule has 88 valence electrons. The molecule has 0 aromatic heterocycles. The van der Waals surface area contributed by atoms with Gasteiger partial charge in [0.1, 0.15) is 0 Å². The molecular weight excluding hydrogens is 196 g/mol. The van der Waals surface area contributed by atoms with Crippen molar-refractivity contribution in [1.29, 1.82) is 0 Å². The van der Waals surface area contributed by atoms with E-state index < -0.39 is 5.60 Å². The molecule has 1 aliphatic carbocycles. The Balaban J connectivity index is 2.21. The topological polar surface area (TPSA) is 20.2 Å². The molecule has 1 N–H and O–H groups in total. The molecule has 2 atom stereocenters. The van der Waals surface area contributed by atoms with Crippen molar-refractivity contribution in [2.24, 2.45) is 11.3 Å². The van der Waals surface area contributed by atoms with Gasteiger partial charge < -0.3 is 5.11 Å². The van der Waals surface area contributed by atoms with Crippen molar-refractivity contribution >= 4 is 0 Å². The summed E-state index contributed by atoms with van der Waals surface area (Å²) in [4.78, 5) is 0. The van der Waals surface area contributed by atoms with Crippen LogP contribution in [0.2, 0.25) is 0 Å². The molecule has 1 aromatic carbocycles. The van der Waals surface area contributed by atoms with Gasteiger partial charge in [0.25, 0.3) is 0 Å². The molecule has 1 aliphatic rings. The Bertz CT molecular complexity index is 351. The Labute approximate surface area is 98.5 Å². The fourth-order valence-corrected chi connectivity index (χ4v) is 2.93. The summed E-state index contributed by atoms with van der Waals surface area (Å²) in [5.74, 6) is 0.393. The monoisotopic (exact) mass is 218 g/mol. The Morgan fingerprint density at radius 3 is 2.38 bits per heavy atom. The highest BCUT2D eigenvalue weighted by Crippen LogP contribution is 2.48. The van der Waals surface area contributed by atoms with Crippen molar-refractivity contribution < 1.29 is 5.11 Å². The zero-order valence-corrected chi connectivity index (χ0v) is 10.5. The maximum absolute atomic E-state index is 10.7. The van der Waals surface area contributed by atoms with Gasteiger partial charge in [-0.1, -0.05) is 44.2 Å². The molecule has 1 fully saturated rings. The highest BCUT2D eigenvalue weighted by Gasteiger charge is 2.41. The number of rotatable bonds is 2. The lowest BCUT2D eigenvalue weighted by Crippen LogP contribution is -2.30. The van der Waals surface area contributed by atoms with E-state index in [2.05, 4.69) is 13.8 Å². The summed E-state index contributed by atoms with van der Waals surface area (Å²) in [6.45, 7) is 6.57. The van der Waals surface area contributed by atoms with Crippen LogP contribution in [0.15, 0.2) is 30.3 Å². The molecule has 2 rings (SSSR count). The minimum Gasteiger partial charge on any atom is -0.385 e. The molecule has 1 aromatic rings. The molecule has 0 spiro atoms. The highest BCUT2D eigenvalue weighted by molar-refractivity contribution is 5.23. The van der Waals surface area contributed by atoms with Gasteiger partial charge in [0.2, 0.25) is 0 Å². The molecule has 0 bridgehead atoms. The van der Waals surface area contributed by atoms with Gasteiger partial charge in [0.15, 0.2) is 0 Å². The summed E-state index contributed by atoms with van der Waals surface area (Å²) in [5.41, 5.74) is 0.774. The molecule has 1 nitrogen and oxygen atoms in total. The number of hydrogen-bond donors (Lipinski definition) is 1. The maximum Gasteiger partial charge on any atom is 0.0896 e. The van der Waals surface area contributed by atoms with E-state index in [1.165, 1.54) is 6.42 Å². The van der Waals surface area contributed by atoms with Crippen LogP contribution in [0.3, 0.4) is 0 Å². The third kappa shape index (κ3) is 2.15. The Morgan fingerprint density at radius 1 is 1.25 bits per heavy atom. The van der Waals surface area contributed by atoms with Crippen molar-refractivity contribution in [3.63, 3.8) is 0 Å². The standard InChI is InChI=1S/C15H22O/c1-14(2)10-9-13(11-14)15(3,16)12-7-5-4-6-8-12/h4-8,13,16H,9-11H2,1-3H3/t13-,15+/m0/s1. The van der Waals surface area contributed by atoms with E-state index in [-0.39, 0.29) is 0 Å². The van der Waals surface area contributed by atoms with Crippen LogP contribution in [0.1, 0.15) is 45.6 Å². The minimum absolute atomic E-state index is 0.392. The van der Waals surface area contributed by atoms with Gasteiger partial charge in [-0.15, -0.1) is 0 Å². The summed E-state index contributed by atoms with van der Waals surface area (Å²) in [6, 6.07) is 10.1. The molecule has 1 saturated carbocycles. The van der Waals surface area contributed by atoms with E-state index >= 15 is 0 Å². The molecule has 0 unspecified atom stereocenters. The smallest absolute Gasteiger partial charge is 0.0896 e. The molecule has 0 radical (unpaired) electrons. The van der Waals surface area contributed by atoms with Crippen molar-refractivity contribution in [3.8, 4) is 0 Å². The van der Waals surface area contributed by atoms with Crippen LogP contribution in [0.4, 0.5) is 0 Å². The lowest BCUT2D eigenvalue weighted by Gasteiger charge is -2.31. The van der Waals surface area contributed by atoms with Crippen LogP contribution in [-0.2, 0) is 5.60 Å². The molecule has 0 amide bonds. The first-order valence-electron chi connectivity index (χ1n) is 6.20. The number of aliphatic hydroxyl groups is 1. The highest BCUT2D eigenvalue weighted by atomic mass is 16.3. The van der Waals surface area contributed by atoms with E-state index in [9.17, 15) is 5.11 Å². The van der Waals surface area contributed by atoms with Crippen LogP contribution in [0.5, 0.6) is 0 Å². The largest absolute Gasteiger partial charge is 0.385 e. The van der Waals surface area contributed by atoms with Crippen LogP contribution < -0.4 is 0 Å². The molecule has 0 heterocycles. The van der Waals surface area contributed by atoms with Crippen LogP contribution in [0.25, 0.3) is 0 Å². The van der Waals surface area contributed by atoms with Crippen molar-refractivity contribution in [3.05, 3.63) is 35.9 Å². The minimum atomic E-state index is -0.672. The van der Waals surface area contributed by atoms with Gasteiger partial charge in [-0.3, -0.25) is 0 Å². The van der Waals surface area contributed by atoms with Gasteiger partial charge in [0.05, 0.1) is 5.60 Å². The molecular formula is C15H22O. The zero-order chi connectivity index (χ0) is 11.8. The second kappa shape index (κ2) is 3.89. The molecule has 1 heteroatoms. The number of benzene rings is 1. The lowest BCUT2D eigenvalue weighted by molar-refractivity contribution is -0.00723. The Hall–Kier alpha value is -0.820. The normalized spacial score (nSPS) is 27.6. The van der Waals surface area contributed by atoms with Gasteiger partial charge in [-0.25, -0.2) is 0 Å². The average Bonchev–Trinajstić information content (AvgIpc) is 2.61. The van der Waals surface area contributed by atoms with Gasteiger partial charge in [-0.05, 0) is 43.1 Å². The first kappa shape index (κ1) is 11.7. The zero-order valence-electron chi connectivity index (χ0n) is 10.5. The summed E-state index contributed by atoms with van der Waals surface area (Å²) in [6.07, 6.45) is 3.48. The third-order valence-corrected chi connectivity index (χ3v) is 4.12. The first-order valence-corrected chi connectivity index (χ1v) is 6.20. The number of hydrogen-bond acceptors (Lipinski definition) is 1. The quantitative estimate of drug-likeness (QED) is 0.802. The molecule has 16 heavy (non-hydrogen) atoms. The predicted molar refractivity (Wildman–Crippen MR) is 67.1 cm³/mol. The maximum atomic E-state index is 10.7. The van der Waals surface area contributed by atoms with Gasteiger partial charge >= 0.3 is 0 Å². The summed E-state index contributed by atoms with van der Waals surface area (Å²) in [5, 5.41) is 10.7. The second-order valence-corrected chi connectivity index (χ2v) is 6.12. The van der Waals surface area contributed by atoms with E-state index in [4.69, 9.17) is 0 Å². The summed E-state index contributed by atoms with van der Waals surface area (Å²) >= 11 is 0. The average molecular weight is 218 g/mol. The van der Waals surface area contributed by atoms with Crippen molar-refractivity contribution in [2.45, 2.75) is 45.6 Å². The van der Waals surface area contributed by atoms with E-state index in [1.807, 2.05) is 37.3 Å². The van der Waals surface area contributed by atoms with Crippen LogP contribution in [-0.4, -0.2) is 5.11 Å². The van der Waals surface area contributed by atoms with Crippen LogP contribution >= 0.6 is 0 Å². The van der Waals surface area contributed by atoms with E-state index in [0.29, 0.717) is 11.3 Å². The predicted octanol–water partition coefficient (Wildman–Crippen LogP) is 3.72. The van der Waals surface area contributed by atoms with E-state index in [1.54, 1.807) is 0 Å². The van der Waals surface area contributed by atoms with Crippen molar-refractivity contribution in [1.82, 2.24) is 0 Å². The Morgan fingerprint density at radius 2 is 1.88 bits per heavy atom. The fourth-order valence-electron chi connectivity index (χ4n) is 2.93. The Kier molecular flexibility index (Phi) is 2.83. The lowest BCUT2D eigenvalue weighted by atomic mass is 9.79. The van der Waals surface area contributed by atoms with Crippen LogP contribution in [0, 0.1) is 11.3 Å². The van der Waals surface area contributed by atoms with Gasteiger partial charge in [0, 0.05) is 0 Å². The molecule has 0 saturated heterocycles. The third-order valence-electron chi connectivity index (χ3n) is 4.12. The first-order chi connectivity index (χ1) is 7.42.